The van der Waals surface area contributed by atoms with E-state index in [0.29, 0.717) is 11.8 Å². The van der Waals surface area contributed by atoms with E-state index >= 15 is 0 Å². The fourth-order valence-electron chi connectivity index (χ4n) is 2.81. The molecule has 0 spiro atoms. The van der Waals surface area contributed by atoms with Gasteiger partial charge in [0, 0.05) is 30.3 Å². The van der Waals surface area contributed by atoms with Crippen LogP contribution in [0.1, 0.15) is 55.0 Å². The lowest BCUT2D eigenvalue weighted by atomic mass is 10.1. The van der Waals surface area contributed by atoms with E-state index in [1.165, 1.54) is 12.5 Å². The molecule has 5 heteroatoms. The Balaban J connectivity index is 1.58. The Hall–Kier alpha value is -2.30. The molecule has 1 N–H and O–H groups in total. The summed E-state index contributed by atoms with van der Waals surface area (Å²) in [4.78, 5) is 12.1. The molecule has 3 rings (SSSR count). The summed E-state index contributed by atoms with van der Waals surface area (Å²) in [5.41, 5.74) is 2.08. The predicted octanol–water partition coefficient (Wildman–Crippen LogP) is 3.34. The highest BCUT2D eigenvalue weighted by Gasteiger charge is 2.36. The fourth-order valence-corrected chi connectivity index (χ4v) is 2.81. The number of nitrogens with zero attached hydrogens (tertiary/aromatic N) is 2. The number of hydrogen-bond acceptors (Lipinski definition) is 3. The second-order valence-electron chi connectivity index (χ2n) is 6.43. The van der Waals surface area contributed by atoms with Crippen LogP contribution >= 0.6 is 0 Å². The average molecular weight is 313 g/mol. The molecule has 0 bridgehead atoms. The molecule has 0 aliphatic heterocycles. The maximum absolute atomic E-state index is 12.1. The lowest BCUT2D eigenvalue weighted by Crippen LogP contribution is -2.24. The highest BCUT2D eigenvalue weighted by Crippen LogP contribution is 2.47. The zero-order chi connectivity index (χ0) is 16.6. The summed E-state index contributed by atoms with van der Waals surface area (Å²) in [7, 11) is 1.89. The van der Waals surface area contributed by atoms with Crippen molar-refractivity contribution in [3.05, 3.63) is 47.2 Å². The fraction of sp³-hybridized carbons (Fsp3) is 0.444. The molecular formula is C18H23N3O2. The first-order chi connectivity index (χ1) is 11.0. The summed E-state index contributed by atoms with van der Waals surface area (Å²) in [6, 6.07) is 3.84. The predicted molar refractivity (Wildman–Crippen MR) is 88.8 cm³/mol. The molecule has 1 amide bonds. The summed E-state index contributed by atoms with van der Waals surface area (Å²) in [6.07, 6.45) is 6.22. The third-order valence-electron chi connectivity index (χ3n) is 4.62. The Labute approximate surface area is 136 Å². The molecule has 1 fully saturated rings. The largest absolute Gasteiger partial charge is 0.461 e. The first-order valence-electron chi connectivity index (χ1n) is 8.02. The van der Waals surface area contributed by atoms with Crippen LogP contribution in [-0.2, 0) is 11.8 Å². The van der Waals surface area contributed by atoms with Crippen molar-refractivity contribution < 1.29 is 9.21 Å². The van der Waals surface area contributed by atoms with Gasteiger partial charge in [-0.2, -0.15) is 5.10 Å². The summed E-state index contributed by atoms with van der Waals surface area (Å²) in [5, 5.41) is 7.15. The highest BCUT2D eigenvalue weighted by molar-refractivity contribution is 5.91. The minimum absolute atomic E-state index is 0.0830. The van der Waals surface area contributed by atoms with Crippen molar-refractivity contribution in [3.8, 4) is 0 Å². The lowest BCUT2D eigenvalue weighted by molar-refractivity contribution is -0.117. The van der Waals surface area contributed by atoms with Gasteiger partial charge in [-0.15, -0.1) is 0 Å². The van der Waals surface area contributed by atoms with Crippen LogP contribution in [0.15, 0.2) is 28.8 Å². The molecule has 0 saturated heterocycles. The number of hydrogen-bond donors (Lipinski definition) is 1. The molecule has 2 aromatic rings. The van der Waals surface area contributed by atoms with E-state index in [9.17, 15) is 4.79 Å². The van der Waals surface area contributed by atoms with Gasteiger partial charge in [0.05, 0.1) is 12.2 Å². The average Bonchev–Trinajstić information content (AvgIpc) is 2.93. The molecule has 2 aromatic heterocycles. The lowest BCUT2D eigenvalue weighted by Gasteiger charge is -2.11. The normalized spacial score (nSPS) is 21.6. The van der Waals surface area contributed by atoms with Crippen molar-refractivity contribution in [2.24, 2.45) is 13.0 Å². The van der Waals surface area contributed by atoms with E-state index in [2.05, 4.69) is 17.3 Å². The Kier molecular flexibility index (Phi) is 4.11. The van der Waals surface area contributed by atoms with Gasteiger partial charge in [0.25, 0.3) is 0 Å². The van der Waals surface area contributed by atoms with Crippen molar-refractivity contribution in [3.63, 3.8) is 0 Å². The number of furan rings is 1. The van der Waals surface area contributed by atoms with Crippen LogP contribution in [0.3, 0.4) is 0 Å². The summed E-state index contributed by atoms with van der Waals surface area (Å²) in [5.74, 6) is 2.87. The first kappa shape index (κ1) is 15.6. The van der Waals surface area contributed by atoms with Gasteiger partial charge in [-0.1, -0.05) is 6.92 Å². The number of carbonyl (C=O) groups excluding carboxylic acids is 1. The Bertz CT molecular complexity index is 741. The molecule has 1 aliphatic carbocycles. The van der Waals surface area contributed by atoms with Crippen molar-refractivity contribution in [1.82, 2.24) is 15.1 Å². The Morgan fingerprint density at radius 2 is 2.26 bits per heavy atom. The second-order valence-corrected chi connectivity index (χ2v) is 6.43. The van der Waals surface area contributed by atoms with Crippen molar-refractivity contribution >= 4 is 12.0 Å². The van der Waals surface area contributed by atoms with E-state index in [0.717, 1.165) is 22.8 Å². The number of amides is 1. The maximum Gasteiger partial charge on any atom is 0.244 e. The van der Waals surface area contributed by atoms with Gasteiger partial charge in [-0.3, -0.25) is 9.48 Å². The van der Waals surface area contributed by atoms with Crippen LogP contribution in [0.5, 0.6) is 0 Å². The number of aromatic nitrogens is 2. The van der Waals surface area contributed by atoms with E-state index in [-0.39, 0.29) is 11.9 Å². The molecule has 3 unspecified atom stereocenters. The third kappa shape index (κ3) is 3.38. The smallest absolute Gasteiger partial charge is 0.244 e. The van der Waals surface area contributed by atoms with Crippen LogP contribution in [0.2, 0.25) is 0 Å². The topological polar surface area (TPSA) is 60.1 Å². The standard InChI is InChI=1S/C18H23N3O2/c1-11-9-15(11)17-7-5-14(23-17)6-8-18(22)20-12(2)16-10-19-21(4)13(16)3/h5-8,10-12,15H,9H2,1-4H3,(H,20,22)/b8-6+. The molecule has 1 aliphatic rings. The SMILES string of the molecule is Cc1c(C(C)NC(=O)/C=C/c2ccc(C3CC3C)o2)cnn1C. The van der Waals surface area contributed by atoms with E-state index < -0.39 is 0 Å². The Morgan fingerprint density at radius 3 is 2.87 bits per heavy atom. The summed E-state index contributed by atoms with van der Waals surface area (Å²) < 4.78 is 7.56. The highest BCUT2D eigenvalue weighted by atomic mass is 16.3. The molecule has 2 heterocycles. The van der Waals surface area contributed by atoms with Crippen LogP contribution < -0.4 is 5.32 Å². The third-order valence-corrected chi connectivity index (χ3v) is 4.62. The molecule has 23 heavy (non-hydrogen) atoms. The molecule has 5 nitrogen and oxygen atoms in total. The van der Waals surface area contributed by atoms with Gasteiger partial charge in [-0.05, 0) is 44.4 Å². The van der Waals surface area contributed by atoms with E-state index in [1.54, 1.807) is 17.0 Å². The van der Waals surface area contributed by atoms with Crippen LogP contribution in [-0.4, -0.2) is 15.7 Å². The number of rotatable bonds is 5. The molecular weight excluding hydrogens is 290 g/mol. The molecule has 122 valence electrons. The zero-order valence-corrected chi connectivity index (χ0v) is 14.0. The molecule has 0 aromatic carbocycles. The van der Waals surface area contributed by atoms with Gasteiger partial charge in [-0.25, -0.2) is 0 Å². The Morgan fingerprint density at radius 1 is 1.52 bits per heavy atom. The monoisotopic (exact) mass is 313 g/mol. The first-order valence-corrected chi connectivity index (χ1v) is 8.02. The second kappa shape index (κ2) is 6.07. The van der Waals surface area contributed by atoms with Crippen molar-refractivity contribution in [2.75, 3.05) is 0 Å². The van der Waals surface area contributed by atoms with Crippen molar-refractivity contribution in [1.29, 1.82) is 0 Å². The molecule has 0 radical (unpaired) electrons. The summed E-state index contributed by atoms with van der Waals surface area (Å²) >= 11 is 0. The zero-order valence-electron chi connectivity index (χ0n) is 14.0. The molecule has 3 atom stereocenters. The van der Waals surface area contributed by atoms with Crippen LogP contribution in [0.4, 0.5) is 0 Å². The van der Waals surface area contributed by atoms with E-state index in [4.69, 9.17) is 4.42 Å². The minimum Gasteiger partial charge on any atom is -0.461 e. The summed E-state index contributed by atoms with van der Waals surface area (Å²) in [6.45, 7) is 6.16. The number of aryl methyl sites for hydroxylation is 1. The van der Waals surface area contributed by atoms with Crippen LogP contribution in [0.25, 0.3) is 6.08 Å². The number of carbonyl (C=O) groups is 1. The quantitative estimate of drug-likeness (QED) is 0.861. The van der Waals surface area contributed by atoms with Crippen molar-refractivity contribution in [2.45, 2.75) is 39.2 Å². The van der Waals surface area contributed by atoms with Gasteiger partial charge in [0.2, 0.25) is 5.91 Å². The number of nitrogens with one attached hydrogen (secondary N) is 1. The van der Waals surface area contributed by atoms with Gasteiger partial charge < -0.3 is 9.73 Å². The minimum atomic E-state index is -0.140. The van der Waals surface area contributed by atoms with Gasteiger partial charge in [0.15, 0.2) is 0 Å². The van der Waals surface area contributed by atoms with Crippen LogP contribution in [0, 0.1) is 12.8 Å². The van der Waals surface area contributed by atoms with Gasteiger partial charge in [0.1, 0.15) is 11.5 Å². The maximum atomic E-state index is 12.1. The molecule has 1 saturated carbocycles. The van der Waals surface area contributed by atoms with E-state index in [1.807, 2.05) is 33.0 Å². The van der Waals surface area contributed by atoms with Gasteiger partial charge >= 0.3 is 0 Å².